The van der Waals surface area contributed by atoms with Crippen molar-refractivity contribution in [3.05, 3.63) is 92.1 Å². The van der Waals surface area contributed by atoms with Gasteiger partial charge >= 0.3 is 0 Å². The third-order valence-corrected chi connectivity index (χ3v) is 6.44. The molecular weight excluding hydrogens is 463 g/mol. The summed E-state index contributed by atoms with van der Waals surface area (Å²) in [6.07, 6.45) is 0. The summed E-state index contributed by atoms with van der Waals surface area (Å²) in [6, 6.07) is 15.7. The van der Waals surface area contributed by atoms with Crippen molar-refractivity contribution in [2.45, 2.75) is 13.1 Å². The molecule has 28 heavy (non-hydrogen) atoms. The molecule has 0 saturated heterocycles. The minimum absolute atomic E-state index is 0.207. The molecule has 0 saturated carbocycles. The highest BCUT2D eigenvalue weighted by atomic mass is 79.9. The van der Waals surface area contributed by atoms with Gasteiger partial charge in [-0.05, 0) is 57.4 Å². The molecule has 142 valence electrons. The molecule has 2 aromatic heterocycles. The number of carbonyl (C=O) groups is 1. The number of carbonyl (C=O) groups excluding carboxylic acids is 1. The van der Waals surface area contributed by atoms with E-state index in [-0.39, 0.29) is 18.3 Å². The van der Waals surface area contributed by atoms with Crippen LogP contribution in [0.1, 0.15) is 21.6 Å². The Labute approximate surface area is 178 Å². The van der Waals surface area contributed by atoms with Crippen molar-refractivity contribution in [1.29, 1.82) is 0 Å². The Hall–Kier alpha value is -2.15. The molecule has 1 amide bonds. The first-order valence-corrected chi connectivity index (χ1v) is 10.6. The van der Waals surface area contributed by atoms with Crippen LogP contribution in [0.5, 0.6) is 0 Å². The van der Waals surface area contributed by atoms with E-state index < -0.39 is 0 Å². The predicted molar refractivity (Wildman–Crippen MR) is 116 cm³/mol. The van der Waals surface area contributed by atoms with Gasteiger partial charge in [0.15, 0.2) is 0 Å². The van der Waals surface area contributed by atoms with Crippen LogP contribution in [0, 0.1) is 5.82 Å². The van der Waals surface area contributed by atoms with Crippen LogP contribution in [0.4, 0.5) is 4.39 Å². The summed E-state index contributed by atoms with van der Waals surface area (Å²) >= 11 is 11.3. The lowest BCUT2D eigenvalue weighted by molar-refractivity contribution is 0.0942. The third kappa shape index (κ3) is 3.99. The summed E-state index contributed by atoms with van der Waals surface area (Å²) in [6.45, 7) is 0.774. The Bertz CT molecular complexity index is 1170. The van der Waals surface area contributed by atoms with E-state index in [1.165, 1.54) is 12.1 Å². The number of hydrogen-bond donors (Lipinski definition) is 1. The van der Waals surface area contributed by atoms with Gasteiger partial charge in [-0.2, -0.15) is 0 Å². The van der Waals surface area contributed by atoms with Gasteiger partial charge in [-0.25, -0.2) is 4.39 Å². The van der Waals surface area contributed by atoms with Crippen LogP contribution in [0.2, 0.25) is 5.02 Å². The number of amides is 1. The number of nitrogens with one attached hydrogen (secondary N) is 1. The topological polar surface area (TPSA) is 34.0 Å². The van der Waals surface area contributed by atoms with E-state index >= 15 is 0 Å². The molecule has 3 nitrogen and oxygen atoms in total. The minimum Gasteiger partial charge on any atom is -0.347 e. The molecule has 0 atom stereocenters. The molecule has 2 aromatic carbocycles. The lowest BCUT2D eigenvalue weighted by Crippen LogP contribution is -2.25. The second-order valence-electron chi connectivity index (χ2n) is 6.35. The smallest absolute Gasteiger partial charge is 0.268 e. The number of aromatic nitrogens is 1. The van der Waals surface area contributed by atoms with Crippen molar-refractivity contribution < 1.29 is 9.18 Å². The second kappa shape index (κ2) is 8.07. The maximum absolute atomic E-state index is 13.4. The third-order valence-electron chi connectivity index (χ3n) is 4.38. The van der Waals surface area contributed by atoms with Gasteiger partial charge in [-0.15, -0.1) is 11.3 Å². The van der Waals surface area contributed by atoms with Crippen LogP contribution in [-0.2, 0) is 13.1 Å². The van der Waals surface area contributed by atoms with Crippen molar-refractivity contribution in [2.24, 2.45) is 0 Å². The monoisotopic (exact) mass is 476 g/mol. The Morgan fingerprint density at radius 3 is 2.71 bits per heavy atom. The molecule has 0 radical (unpaired) electrons. The fraction of sp³-hybridized carbons (Fsp3) is 0.0952. The van der Waals surface area contributed by atoms with Gasteiger partial charge < -0.3 is 9.88 Å². The van der Waals surface area contributed by atoms with Gasteiger partial charge in [0.25, 0.3) is 5.91 Å². The first-order chi connectivity index (χ1) is 13.5. The number of rotatable bonds is 5. The average molecular weight is 478 g/mol. The molecule has 4 aromatic rings. The SMILES string of the molecule is O=C(NCc1cccc(F)c1)c1cc2scc(Br)c2n1Cc1cccc(Cl)c1. The molecule has 0 spiro atoms. The number of benzene rings is 2. The second-order valence-corrected chi connectivity index (χ2v) is 8.56. The Balaban J connectivity index is 1.65. The van der Waals surface area contributed by atoms with Crippen LogP contribution >= 0.6 is 38.9 Å². The first-order valence-electron chi connectivity index (χ1n) is 8.54. The summed E-state index contributed by atoms with van der Waals surface area (Å²) in [5.74, 6) is -0.526. The molecule has 7 heteroatoms. The lowest BCUT2D eigenvalue weighted by Gasteiger charge is -2.12. The zero-order chi connectivity index (χ0) is 19.7. The first kappa shape index (κ1) is 19.2. The van der Waals surface area contributed by atoms with E-state index in [2.05, 4.69) is 21.2 Å². The fourth-order valence-corrected chi connectivity index (χ4v) is 5.03. The number of thiophene rings is 1. The minimum atomic E-state index is -0.319. The zero-order valence-electron chi connectivity index (χ0n) is 14.6. The molecule has 0 bridgehead atoms. The fourth-order valence-electron chi connectivity index (χ4n) is 3.12. The highest BCUT2D eigenvalue weighted by Gasteiger charge is 2.19. The van der Waals surface area contributed by atoms with Crippen molar-refractivity contribution >= 4 is 55.0 Å². The number of nitrogens with zero attached hydrogens (tertiary/aromatic N) is 1. The zero-order valence-corrected chi connectivity index (χ0v) is 17.7. The molecule has 0 aliphatic rings. The van der Waals surface area contributed by atoms with Crippen LogP contribution in [0.25, 0.3) is 10.2 Å². The number of hydrogen-bond acceptors (Lipinski definition) is 2. The standard InChI is InChI=1S/C21H15BrClFN2OS/c22-17-12-28-19-9-18(21(27)25-10-13-3-2-6-16(24)8-13)26(20(17)19)11-14-4-1-5-15(23)7-14/h1-9,12H,10-11H2,(H,25,27). The van der Waals surface area contributed by atoms with E-state index in [4.69, 9.17) is 11.6 Å². The van der Waals surface area contributed by atoms with Gasteiger partial charge in [0.05, 0.1) is 14.7 Å². The average Bonchev–Trinajstić information content (AvgIpc) is 3.20. The van der Waals surface area contributed by atoms with Crippen LogP contribution in [0.15, 0.2) is 64.5 Å². The van der Waals surface area contributed by atoms with E-state index in [0.717, 1.165) is 20.3 Å². The molecule has 0 unspecified atom stereocenters. The van der Waals surface area contributed by atoms with E-state index in [0.29, 0.717) is 22.8 Å². The number of halogens is 3. The predicted octanol–water partition coefficient (Wildman–Crippen LogP) is 6.24. The van der Waals surface area contributed by atoms with E-state index in [1.807, 2.05) is 40.3 Å². The quantitative estimate of drug-likeness (QED) is 0.363. The normalized spacial score (nSPS) is 11.1. The molecule has 4 rings (SSSR count). The van der Waals surface area contributed by atoms with Crippen LogP contribution < -0.4 is 5.32 Å². The molecule has 1 N–H and O–H groups in total. The van der Waals surface area contributed by atoms with Gasteiger partial charge in [-0.1, -0.05) is 35.9 Å². The van der Waals surface area contributed by atoms with Gasteiger partial charge in [-0.3, -0.25) is 4.79 Å². The van der Waals surface area contributed by atoms with Gasteiger partial charge in [0.2, 0.25) is 0 Å². The van der Waals surface area contributed by atoms with Crippen LogP contribution in [0.3, 0.4) is 0 Å². The maximum Gasteiger partial charge on any atom is 0.268 e. The molecular formula is C21H15BrClFN2OS. The molecule has 0 aliphatic carbocycles. The Morgan fingerprint density at radius 1 is 1.14 bits per heavy atom. The Morgan fingerprint density at radius 2 is 1.93 bits per heavy atom. The van der Waals surface area contributed by atoms with Crippen molar-refractivity contribution in [3.8, 4) is 0 Å². The van der Waals surface area contributed by atoms with Gasteiger partial charge in [0.1, 0.15) is 11.5 Å². The lowest BCUT2D eigenvalue weighted by atomic mass is 10.2. The van der Waals surface area contributed by atoms with Crippen molar-refractivity contribution in [2.75, 3.05) is 0 Å². The summed E-state index contributed by atoms with van der Waals surface area (Å²) < 4.78 is 17.3. The molecule has 0 aliphatic heterocycles. The highest BCUT2D eigenvalue weighted by molar-refractivity contribution is 9.10. The van der Waals surface area contributed by atoms with Gasteiger partial charge in [0, 0.05) is 23.5 Å². The van der Waals surface area contributed by atoms with Crippen LogP contribution in [-0.4, -0.2) is 10.5 Å². The van der Waals surface area contributed by atoms with Crippen molar-refractivity contribution in [1.82, 2.24) is 9.88 Å². The summed E-state index contributed by atoms with van der Waals surface area (Å²) in [5, 5.41) is 5.55. The highest BCUT2D eigenvalue weighted by Crippen LogP contribution is 2.34. The summed E-state index contributed by atoms with van der Waals surface area (Å²) in [4.78, 5) is 12.9. The summed E-state index contributed by atoms with van der Waals surface area (Å²) in [7, 11) is 0. The van der Waals surface area contributed by atoms with E-state index in [9.17, 15) is 9.18 Å². The summed E-state index contributed by atoms with van der Waals surface area (Å²) in [5.41, 5.74) is 3.24. The molecule has 2 heterocycles. The molecule has 0 fully saturated rings. The maximum atomic E-state index is 13.4. The van der Waals surface area contributed by atoms with Crippen molar-refractivity contribution in [3.63, 3.8) is 0 Å². The van der Waals surface area contributed by atoms with E-state index in [1.54, 1.807) is 23.5 Å². The number of fused-ring (bicyclic) bond motifs is 1. The Kier molecular flexibility index (Phi) is 5.53. The largest absolute Gasteiger partial charge is 0.347 e.